The summed E-state index contributed by atoms with van der Waals surface area (Å²) in [5.41, 5.74) is 0. The van der Waals surface area contributed by atoms with Gasteiger partial charge >= 0.3 is 11.9 Å². The van der Waals surface area contributed by atoms with Crippen molar-refractivity contribution in [3.8, 4) is 0 Å². The fourth-order valence-corrected chi connectivity index (χ4v) is 6.69. The van der Waals surface area contributed by atoms with Gasteiger partial charge in [-0.2, -0.15) is 0 Å². The second-order valence-electron chi connectivity index (χ2n) is 14.8. The Labute approximate surface area is 300 Å². The number of ether oxygens (including phenoxy) is 2. The molecule has 1 N–H and O–H groups in total. The van der Waals surface area contributed by atoms with Crippen molar-refractivity contribution in [3.63, 3.8) is 0 Å². The van der Waals surface area contributed by atoms with Crippen LogP contribution < -0.4 is 5.32 Å². The monoisotopic (exact) mass is 680 g/mol. The molecule has 0 saturated carbocycles. The van der Waals surface area contributed by atoms with Gasteiger partial charge in [0.2, 0.25) is 0 Å². The summed E-state index contributed by atoms with van der Waals surface area (Å²) >= 11 is 0. The van der Waals surface area contributed by atoms with E-state index >= 15 is 0 Å². The number of carbonyl (C=O) groups excluding carboxylic acids is 2. The van der Waals surface area contributed by atoms with Crippen LogP contribution in [0.5, 0.6) is 0 Å². The standard InChI is InChI=1S/C43H85NO4/c1-5-9-13-15-19-25-33-41(32-24-18-14-10-6-2)48-43(46)35-27-21-17-23-29-38-44-37-28-22-16-20-26-34-42(45)47-39-36-40(30-11-7-3)31-12-8-4/h40-41,44H,5-39H2,1-4H3. The number of hydrogen-bond acceptors (Lipinski definition) is 5. The SMILES string of the molecule is CCCCCCCCC(CCCCCCC)OC(=O)CCCCCCCNCCCCCCCC(=O)OCCC(CCCC)CCCC. The summed E-state index contributed by atoms with van der Waals surface area (Å²) in [4.78, 5) is 24.7. The maximum Gasteiger partial charge on any atom is 0.306 e. The van der Waals surface area contributed by atoms with Crippen LogP contribution in [0.1, 0.15) is 233 Å². The van der Waals surface area contributed by atoms with Gasteiger partial charge in [0.15, 0.2) is 0 Å². The van der Waals surface area contributed by atoms with Crippen LogP contribution in [0.4, 0.5) is 0 Å². The molecule has 0 bridgehead atoms. The molecular weight excluding hydrogens is 594 g/mol. The van der Waals surface area contributed by atoms with Gasteiger partial charge in [-0.1, -0.05) is 163 Å². The Morgan fingerprint density at radius 3 is 1.35 bits per heavy atom. The van der Waals surface area contributed by atoms with E-state index < -0.39 is 0 Å². The second kappa shape index (κ2) is 38.7. The highest BCUT2D eigenvalue weighted by Crippen LogP contribution is 2.21. The third-order valence-corrected chi connectivity index (χ3v) is 10.00. The molecule has 0 radical (unpaired) electrons. The molecule has 0 aliphatic carbocycles. The van der Waals surface area contributed by atoms with Crippen molar-refractivity contribution in [1.82, 2.24) is 5.32 Å². The third-order valence-electron chi connectivity index (χ3n) is 10.00. The largest absolute Gasteiger partial charge is 0.466 e. The maximum absolute atomic E-state index is 12.6. The first kappa shape index (κ1) is 46.9. The van der Waals surface area contributed by atoms with Crippen LogP contribution in [-0.2, 0) is 19.1 Å². The number of nitrogens with one attached hydrogen (secondary N) is 1. The van der Waals surface area contributed by atoms with Crippen LogP contribution >= 0.6 is 0 Å². The number of rotatable bonds is 39. The summed E-state index contributed by atoms with van der Waals surface area (Å²) in [7, 11) is 0. The van der Waals surface area contributed by atoms with Crippen LogP contribution in [0.15, 0.2) is 0 Å². The lowest BCUT2D eigenvalue weighted by Gasteiger charge is -2.18. The van der Waals surface area contributed by atoms with Crippen LogP contribution in [0, 0.1) is 5.92 Å². The average Bonchev–Trinajstić information content (AvgIpc) is 3.08. The van der Waals surface area contributed by atoms with Crippen molar-refractivity contribution in [1.29, 1.82) is 0 Å². The first-order chi connectivity index (χ1) is 23.6. The minimum absolute atomic E-state index is 0.00253. The summed E-state index contributed by atoms with van der Waals surface area (Å²) in [5, 5.41) is 3.59. The van der Waals surface area contributed by atoms with Gasteiger partial charge < -0.3 is 14.8 Å². The van der Waals surface area contributed by atoms with Crippen molar-refractivity contribution in [2.45, 2.75) is 239 Å². The summed E-state index contributed by atoms with van der Waals surface area (Å²) in [6, 6.07) is 0. The molecule has 0 spiro atoms. The van der Waals surface area contributed by atoms with Crippen LogP contribution in [-0.4, -0.2) is 37.7 Å². The van der Waals surface area contributed by atoms with Crippen LogP contribution in [0.2, 0.25) is 0 Å². The summed E-state index contributed by atoms with van der Waals surface area (Å²) in [6.45, 7) is 11.8. The molecule has 0 fully saturated rings. The lowest BCUT2D eigenvalue weighted by Crippen LogP contribution is -2.18. The van der Waals surface area contributed by atoms with Crippen LogP contribution in [0.25, 0.3) is 0 Å². The zero-order valence-electron chi connectivity index (χ0n) is 33.0. The molecule has 0 aliphatic rings. The lowest BCUT2D eigenvalue weighted by molar-refractivity contribution is -0.150. The highest BCUT2D eigenvalue weighted by Gasteiger charge is 2.14. The molecule has 5 nitrogen and oxygen atoms in total. The van der Waals surface area contributed by atoms with E-state index in [9.17, 15) is 9.59 Å². The van der Waals surface area contributed by atoms with E-state index in [0.717, 1.165) is 64.0 Å². The predicted octanol–water partition coefficient (Wildman–Crippen LogP) is 13.2. The Balaban J connectivity index is 3.70. The summed E-state index contributed by atoms with van der Waals surface area (Å²) < 4.78 is 11.5. The van der Waals surface area contributed by atoms with E-state index in [2.05, 4.69) is 33.0 Å². The molecule has 0 amide bonds. The fraction of sp³-hybridized carbons (Fsp3) is 0.953. The molecule has 0 heterocycles. The Bertz CT molecular complexity index is 661. The van der Waals surface area contributed by atoms with E-state index in [1.165, 1.54) is 148 Å². The highest BCUT2D eigenvalue weighted by atomic mass is 16.5. The molecule has 0 aromatic rings. The van der Waals surface area contributed by atoms with E-state index in [1.54, 1.807) is 0 Å². The lowest BCUT2D eigenvalue weighted by atomic mass is 9.93. The number of hydrogen-bond donors (Lipinski definition) is 1. The smallest absolute Gasteiger partial charge is 0.306 e. The van der Waals surface area contributed by atoms with Gasteiger partial charge in [0.05, 0.1) is 6.61 Å². The molecule has 1 atom stereocenters. The van der Waals surface area contributed by atoms with Crippen molar-refractivity contribution in [3.05, 3.63) is 0 Å². The fourth-order valence-electron chi connectivity index (χ4n) is 6.69. The molecular formula is C43H85NO4. The van der Waals surface area contributed by atoms with Gasteiger partial charge in [-0.3, -0.25) is 9.59 Å². The van der Waals surface area contributed by atoms with Gasteiger partial charge in [-0.15, -0.1) is 0 Å². The predicted molar refractivity (Wildman–Crippen MR) is 208 cm³/mol. The van der Waals surface area contributed by atoms with E-state index in [0.29, 0.717) is 19.4 Å². The Kier molecular flexibility index (Phi) is 37.8. The Morgan fingerprint density at radius 2 is 0.854 bits per heavy atom. The zero-order valence-corrected chi connectivity index (χ0v) is 33.0. The number of carbonyl (C=O) groups is 2. The average molecular weight is 680 g/mol. The number of esters is 2. The Morgan fingerprint density at radius 1 is 0.438 bits per heavy atom. The highest BCUT2D eigenvalue weighted by molar-refractivity contribution is 5.69. The quantitative estimate of drug-likeness (QED) is 0.0517. The maximum atomic E-state index is 12.6. The molecule has 0 aliphatic heterocycles. The van der Waals surface area contributed by atoms with Crippen molar-refractivity contribution in [2.24, 2.45) is 5.92 Å². The normalized spacial score (nSPS) is 12.1. The van der Waals surface area contributed by atoms with Gasteiger partial charge in [0.25, 0.3) is 0 Å². The minimum atomic E-state index is -0.00253. The van der Waals surface area contributed by atoms with Gasteiger partial charge in [-0.05, 0) is 76.8 Å². The van der Waals surface area contributed by atoms with E-state index in [-0.39, 0.29) is 18.0 Å². The molecule has 0 rings (SSSR count). The molecule has 5 heteroatoms. The second-order valence-corrected chi connectivity index (χ2v) is 14.8. The first-order valence-electron chi connectivity index (χ1n) is 21.6. The topological polar surface area (TPSA) is 64.6 Å². The van der Waals surface area contributed by atoms with Crippen molar-refractivity contribution < 1.29 is 19.1 Å². The number of unbranched alkanes of at least 4 members (excludes halogenated alkanes) is 19. The van der Waals surface area contributed by atoms with Crippen LogP contribution in [0.3, 0.4) is 0 Å². The molecule has 0 aromatic carbocycles. The third kappa shape index (κ3) is 34.8. The molecule has 0 aromatic heterocycles. The summed E-state index contributed by atoms with van der Waals surface area (Å²) in [6.07, 6.45) is 37.6. The first-order valence-corrected chi connectivity index (χ1v) is 21.6. The molecule has 48 heavy (non-hydrogen) atoms. The minimum Gasteiger partial charge on any atom is -0.466 e. The van der Waals surface area contributed by atoms with Crippen molar-refractivity contribution >= 4 is 11.9 Å². The van der Waals surface area contributed by atoms with Gasteiger partial charge in [0.1, 0.15) is 6.10 Å². The Hall–Kier alpha value is -1.10. The van der Waals surface area contributed by atoms with E-state index in [1.807, 2.05) is 0 Å². The molecule has 1 unspecified atom stereocenters. The van der Waals surface area contributed by atoms with E-state index in [4.69, 9.17) is 9.47 Å². The molecule has 286 valence electrons. The van der Waals surface area contributed by atoms with Gasteiger partial charge in [-0.25, -0.2) is 0 Å². The van der Waals surface area contributed by atoms with Crippen molar-refractivity contribution in [2.75, 3.05) is 19.7 Å². The zero-order chi connectivity index (χ0) is 35.2. The summed E-state index contributed by atoms with van der Waals surface area (Å²) in [5.74, 6) is 0.753. The van der Waals surface area contributed by atoms with Gasteiger partial charge in [0, 0.05) is 12.8 Å². The molecule has 0 saturated heterocycles.